The molecule has 0 aliphatic carbocycles. The number of ether oxygens (including phenoxy) is 1. The van der Waals surface area contributed by atoms with Crippen LogP contribution in [0.5, 0.6) is 0 Å². The number of anilines is 1. The lowest BCUT2D eigenvalue weighted by molar-refractivity contribution is -0.152. The third-order valence-electron chi connectivity index (χ3n) is 11.9. The Morgan fingerprint density at radius 2 is 1.27 bits per heavy atom. The second kappa shape index (κ2) is 16.4. The van der Waals surface area contributed by atoms with Crippen LogP contribution in [0.15, 0.2) is 109 Å². The molecule has 4 aromatic rings. The van der Waals surface area contributed by atoms with Crippen molar-refractivity contribution in [3.05, 3.63) is 126 Å². The second-order valence-corrected chi connectivity index (χ2v) is 26.4. The molecule has 0 aromatic heterocycles. The number of carbonyl (C=O) groups is 2. The average molecular weight is 804 g/mol. The summed E-state index contributed by atoms with van der Waals surface area (Å²) in [6.45, 7) is 17.7. The lowest BCUT2D eigenvalue weighted by Crippen LogP contribution is -2.66. The topological polar surface area (TPSA) is 65.1 Å². The highest BCUT2D eigenvalue weighted by molar-refractivity contribution is 6.99. The van der Waals surface area contributed by atoms with Crippen molar-refractivity contribution in [2.24, 2.45) is 5.92 Å². The van der Waals surface area contributed by atoms with Gasteiger partial charge in [0.2, 0.25) is 5.91 Å². The van der Waals surface area contributed by atoms with Crippen molar-refractivity contribution >= 4 is 44.6 Å². The number of esters is 1. The van der Waals surface area contributed by atoms with E-state index in [1.54, 1.807) is 4.90 Å². The predicted molar refractivity (Wildman–Crippen MR) is 222 cm³/mol. The first-order chi connectivity index (χ1) is 26.2. The van der Waals surface area contributed by atoms with E-state index in [1.165, 1.54) is 19.2 Å². The monoisotopic (exact) mass is 803 g/mol. The molecule has 0 saturated heterocycles. The zero-order chi connectivity index (χ0) is 41.2. The number of halogens is 3. The molecule has 1 aliphatic rings. The normalized spacial score (nSPS) is 17.1. The van der Waals surface area contributed by atoms with E-state index in [0.717, 1.165) is 22.5 Å². The Balaban J connectivity index is 1.60. The highest BCUT2D eigenvalue weighted by atomic mass is 28.4. The first-order valence-electron chi connectivity index (χ1n) is 19.2. The minimum absolute atomic E-state index is 0.0191. The molecule has 56 heavy (non-hydrogen) atoms. The van der Waals surface area contributed by atoms with Crippen molar-refractivity contribution in [1.82, 2.24) is 0 Å². The van der Waals surface area contributed by atoms with Gasteiger partial charge in [-0.25, -0.2) is 0 Å². The molecule has 1 heterocycles. The van der Waals surface area contributed by atoms with Gasteiger partial charge in [0.05, 0.1) is 30.6 Å². The molecule has 1 aliphatic heterocycles. The molecule has 1 amide bonds. The van der Waals surface area contributed by atoms with Gasteiger partial charge in [-0.3, -0.25) is 9.59 Å². The Labute approximate surface area is 332 Å². The third kappa shape index (κ3) is 8.32. The van der Waals surface area contributed by atoms with Crippen LogP contribution < -0.4 is 15.3 Å². The molecule has 4 aromatic carbocycles. The molecule has 0 radical (unpaired) electrons. The van der Waals surface area contributed by atoms with E-state index >= 15 is 4.79 Å². The highest BCUT2D eigenvalue weighted by Gasteiger charge is 2.58. The SMILES string of the molecule is COC(=O)[C@H](CCO[Si](c1ccccc1)(c1ccccc1)C(C)(C)C)[C@@]1(CCO[Si](C)(C)C(C)(C)C)C(=O)N(Cc2ccc(C(F)(F)F)cc2)c2ccccc21. The van der Waals surface area contributed by atoms with Crippen molar-refractivity contribution in [3.8, 4) is 0 Å². The smallest absolute Gasteiger partial charge is 0.416 e. The lowest BCUT2D eigenvalue weighted by Gasteiger charge is -2.44. The van der Waals surface area contributed by atoms with E-state index in [-0.39, 0.29) is 48.6 Å². The summed E-state index contributed by atoms with van der Waals surface area (Å²) >= 11 is 0. The van der Waals surface area contributed by atoms with Crippen molar-refractivity contribution in [2.75, 3.05) is 25.2 Å². The summed E-state index contributed by atoms with van der Waals surface area (Å²) in [6.07, 6.45) is -4.12. The molecule has 0 saturated carbocycles. The molecule has 0 N–H and O–H groups in total. The summed E-state index contributed by atoms with van der Waals surface area (Å²) in [5, 5.41) is 1.77. The van der Waals surface area contributed by atoms with Gasteiger partial charge in [-0.05, 0) is 75.7 Å². The fourth-order valence-corrected chi connectivity index (χ4v) is 13.6. The Kier molecular flexibility index (Phi) is 12.7. The Morgan fingerprint density at radius 3 is 1.77 bits per heavy atom. The molecule has 11 heteroatoms. The molecule has 0 unspecified atom stereocenters. The fraction of sp³-hybridized carbons (Fsp3) is 0.422. The quantitative estimate of drug-likeness (QED) is 0.0939. The molecule has 300 valence electrons. The number of alkyl halides is 3. The minimum atomic E-state index is -4.49. The van der Waals surface area contributed by atoms with E-state index in [9.17, 15) is 18.0 Å². The van der Waals surface area contributed by atoms with E-state index in [1.807, 2.05) is 60.7 Å². The summed E-state index contributed by atoms with van der Waals surface area (Å²) < 4.78 is 59.9. The van der Waals surface area contributed by atoms with Gasteiger partial charge in [-0.15, -0.1) is 0 Å². The van der Waals surface area contributed by atoms with Crippen LogP contribution in [0.4, 0.5) is 18.9 Å². The molecule has 0 bridgehead atoms. The number of hydrogen-bond donors (Lipinski definition) is 0. The molecule has 0 spiro atoms. The molecule has 0 fully saturated rings. The van der Waals surface area contributed by atoms with Crippen LogP contribution in [0.1, 0.15) is 71.1 Å². The largest absolute Gasteiger partial charge is 0.469 e. The van der Waals surface area contributed by atoms with Crippen molar-refractivity contribution < 1.29 is 36.3 Å². The van der Waals surface area contributed by atoms with Gasteiger partial charge in [-0.2, -0.15) is 13.2 Å². The average Bonchev–Trinajstić information content (AvgIpc) is 3.37. The van der Waals surface area contributed by atoms with Gasteiger partial charge in [0, 0.05) is 18.9 Å². The summed E-state index contributed by atoms with van der Waals surface area (Å²) in [7, 11) is -3.97. The van der Waals surface area contributed by atoms with E-state index in [2.05, 4.69) is 78.9 Å². The number of benzene rings is 4. The van der Waals surface area contributed by atoms with Crippen molar-refractivity contribution in [2.45, 2.75) is 95.7 Å². The van der Waals surface area contributed by atoms with Crippen molar-refractivity contribution in [1.29, 1.82) is 0 Å². The van der Waals surface area contributed by atoms with Crippen LogP contribution in [0.2, 0.25) is 23.2 Å². The summed E-state index contributed by atoms with van der Waals surface area (Å²) in [5.41, 5.74) is -0.382. The number of para-hydroxylation sites is 1. The standard InChI is InChI=1S/C45H56F3NO5Si2/c1-42(2,3)55(8,9)53-31-29-44(37-22-16-17-23-39(37)49(41(44)51)32-33-24-26-34(27-25-33)45(46,47)48)38(40(50)52-7)28-30-54-56(43(4,5)6,35-18-12-10-13-19-35)36-20-14-11-15-21-36/h10-27,38H,28-32H2,1-9H3/t38-,44-/m0/s1. The van der Waals surface area contributed by atoms with Crippen LogP contribution in [-0.2, 0) is 41.3 Å². The lowest BCUT2D eigenvalue weighted by atomic mass is 9.67. The van der Waals surface area contributed by atoms with Crippen LogP contribution in [0.3, 0.4) is 0 Å². The fourth-order valence-electron chi connectivity index (χ4n) is 7.93. The number of carbonyl (C=O) groups excluding carboxylic acids is 2. The Morgan fingerprint density at radius 1 is 0.732 bits per heavy atom. The predicted octanol–water partition coefficient (Wildman–Crippen LogP) is 9.66. The highest BCUT2D eigenvalue weighted by Crippen LogP contribution is 2.51. The molecular formula is C45H56F3NO5Si2. The zero-order valence-corrected chi connectivity index (χ0v) is 36.1. The first-order valence-corrected chi connectivity index (χ1v) is 24.1. The molecular weight excluding hydrogens is 748 g/mol. The number of amides is 1. The maximum Gasteiger partial charge on any atom is 0.416 e. The van der Waals surface area contributed by atoms with E-state index in [4.69, 9.17) is 13.6 Å². The van der Waals surface area contributed by atoms with Gasteiger partial charge < -0.3 is 18.5 Å². The Hall–Kier alpha value is -4.04. The molecule has 2 atom stereocenters. The van der Waals surface area contributed by atoms with Crippen molar-refractivity contribution in [3.63, 3.8) is 0 Å². The van der Waals surface area contributed by atoms with Gasteiger partial charge in [0.15, 0.2) is 8.32 Å². The van der Waals surface area contributed by atoms with Gasteiger partial charge in [0.1, 0.15) is 0 Å². The zero-order valence-electron chi connectivity index (χ0n) is 34.1. The van der Waals surface area contributed by atoms with E-state index < -0.39 is 45.7 Å². The van der Waals surface area contributed by atoms with Crippen LogP contribution in [0, 0.1) is 5.92 Å². The maximum atomic E-state index is 15.4. The molecule has 6 nitrogen and oxygen atoms in total. The first kappa shape index (κ1) is 43.1. The second-order valence-electron chi connectivity index (χ2n) is 17.3. The number of hydrogen-bond acceptors (Lipinski definition) is 5. The summed E-state index contributed by atoms with van der Waals surface area (Å²) in [4.78, 5) is 31.2. The van der Waals surface area contributed by atoms with Gasteiger partial charge in [-0.1, -0.05) is 133 Å². The minimum Gasteiger partial charge on any atom is -0.469 e. The van der Waals surface area contributed by atoms with Crippen LogP contribution in [0.25, 0.3) is 0 Å². The number of fused-ring (bicyclic) bond motifs is 1. The Bertz CT molecular complexity index is 1920. The summed E-state index contributed by atoms with van der Waals surface area (Å²) in [6, 6.07) is 32.7. The van der Waals surface area contributed by atoms with Crippen LogP contribution >= 0.6 is 0 Å². The van der Waals surface area contributed by atoms with Crippen LogP contribution in [-0.4, -0.2) is 48.8 Å². The summed E-state index contributed by atoms with van der Waals surface area (Å²) in [5.74, 6) is -1.83. The number of nitrogens with zero attached hydrogens (tertiary/aromatic N) is 1. The third-order valence-corrected chi connectivity index (χ3v) is 21.5. The molecule has 5 rings (SSSR count). The number of rotatable bonds is 14. The number of methoxy groups -OCH3 is 1. The van der Waals surface area contributed by atoms with E-state index in [0.29, 0.717) is 16.8 Å². The maximum absolute atomic E-state index is 15.4. The van der Waals surface area contributed by atoms with Gasteiger partial charge >= 0.3 is 12.1 Å². The van der Waals surface area contributed by atoms with Gasteiger partial charge in [0.25, 0.3) is 8.32 Å².